The molecule has 0 amide bonds. The van der Waals surface area contributed by atoms with Gasteiger partial charge in [-0.15, -0.1) is 0 Å². The lowest BCUT2D eigenvalue weighted by Crippen LogP contribution is -2.11. The minimum atomic E-state index is -1.22. The quantitative estimate of drug-likeness (QED) is 0.469. The highest BCUT2D eigenvalue weighted by molar-refractivity contribution is 6.49. The zero-order valence-corrected chi connectivity index (χ0v) is 4.48. The summed E-state index contributed by atoms with van der Waals surface area (Å²) in [6.45, 7) is 1.30. The van der Waals surface area contributed by atoms with Crippen molar-refractivity contribution in [3.8, 4) is 0 Å². The van der Waals surface area contributed by atoms with Crippen LogP contribution in [0, 0.1) is 0 Å². The molecule has 0 aromatic heterocycles. The molecule has 7 heavy (non-hydrogen) atoms. The average Bonchev–Trinajstić information content (AvgIpc) is 1.61. The largest absolute Gasteiger partial charge is 0.482 e. The second kappa shape index (κ2) is 4.15. The Bertz CT molecular complexity index is 42.7. The van der Waals surface area contributed by atoms with Gasteiger partial charge in [0.05, 0.1) is 0 Å². The fourth-order valence-electron chi connectivity index (χ4n) is 0.162. The molecule has 0 aliphatic carbocycles. The molecule has 0 unspecified atom stereocenters. The molecule has 5 heteroatoms. The maximum Gasteiger partial charge on any atom is 0.482 e. The minimum absolute atomic E-state index is 0.0255. The van der Waals surface area contributed by atoms with E-state index >= 15 is 0 Å². The summed E-state index contributed by atoms with van der Waals surface area (Å²) in [6.07, 6.45) is 0. The summed E-state index contributed by atoms with van der Waals surface area (Å²) in [5.41, 5.74) is 0. The molecule has 0 fully saturated rings. The van der Waals surface area contributed by atoms with E-state index in [2.05, 4.69) is 9.23 Å². The first-order valence-corrected chi connectivity index (χ1v) is 2.02. The van der Waals surface area contributed by atoms with Crippen LogP contribution in [0.2, 0.25) is 6.82 Å². The summed E-state index contributed by atoms with van der Waals surface area (Å²) in [7, 11) is 0.250. The third-order valence-corrected chi connectivity index (χ3v) is 0.416. The standard InChI is InChI=1S/C2H7B2FO2/c1-4(5)7-3-6-2/h3H,1-2H3. The van der Waals surface area contributed by atoms with E-state index < -0.39 is 7.19 Å². The van der Waals surface area contributed by atoms with E-state index in [0.717, 1.165) is 0 Å². The van der Waals surface area contributed by atoms with Crippen LogP contribution < -0.4 is 0 Å². The second-order valence-electron chi connectivity index (χ2n) is 1.12. The third-order valence-electron chi connectivity index (χ3n) is 0.416. The summed E-state index contributed by atoms with van der Waals surface area (Å²) >= 11 is 0. The lowest BCUT2D eigenvalue weighted by atomic mass is 9.98. The molecule has 0 saturated heterocycles. The molecular formula is C2H7B2FO2. The van der Waals surface area contributed by atoms with Gasteiger partial charge in [0, 0.05) is 7.11 Å². The predicted molar refractivity (Wildman–Crippen MR) is 28.0 cm³/mol. The monoisotopic (exact) mass is 104 g/mol. The maximum absolute atomic E-state index is 11.6. The molecule has 0 atom stereocenters. The summed E-state index contributed by atoms with van der Waals surface area (Å²) in [5, 5.41) is 0. The van der Waals surface area contributed by atoms with Crippen molar-refractivity contribution >= 4 is 14.9 Å². The predicted octanol–water partition coefficient (Wildman–Crippen LogP) is 0.00340. The molecule has 0 bridgehead atoms. The highest BCUT2D eigenvalue weighted by atomic mass is 19.1. The van der Waals surface area contributed by atoms with Crippen LogP contribution in [0.25, 0.3) is 0 Å². The van der Waals surface area contributed by atoms with Crippen LogP contribution in [0.1, 0.15) is 0 Å². The second-order valence-corrected chi connectivity index (χ2v) is 1.12. The fourth-order valence-corrected chi connectivity index (χ4v) is 0.162. The molecule has 0 radical (unpaired) electrons. The van der Waals surface area contributed by atoms with Gasteiger partial charge >= 0.3 is 14.9 Å². The number of hydrogen-bond acceptors (Lipinski definition) is 2. The molecular weight excluding hydrogens is 96.6 g/mol. The summed E-state index contributed by atoms with van der Waals surface area (Å²) in [5.74, 6) is 0. The lowest BCUT2D eigenvalue weighted by Gasteiger charge is -1.94. The summed E-state index contributed by atoms with van der Waals surface area (Å²) < 4.78 is 20.3. The van der Waals surface area contributed by atoms with Gasteiger partial charge in [0.1, 0.15) is 0 Å². The lowest BCUT2D eigenvalue weighted by molar-refractivity contribution is 0.356. The molecule has 0 aliphatic heterocycles. The van der Waals surface area contributed by atoms with Gasteiger partial charge in [-0.25, -0.2) is 0 Å². The van der Waals surface area contributed by atoms with Gasteiger partial charge in [0.25, 0.3) is 0 Å². The molecule has 2 nitrogen and oxygen atoms in total. The van der Waals surface area contributed by atoms with Crippen molar-refractivity contribution in [2.45, 2.75) is 6.82 Å². The van der Waals surface area contributed by atoms with Gasteiger partial charge in [0.2, 0.25) is 0 Å². The van der Waals surface area contributed by atoms with E-state index in [0.29, 0.717) is 0 Å². The van der Waals surface area contributed by atoms with E-state index in [1.807, 2.05) is 0 Å². The Morgan fingerprint density at radius 1 is 1.71 bits per heavy atom. The average molecular weight is 104 g/mol. The SMILES string of the molecule is COBOB(C)F. The van der Waals surface area contributed by atoms with Crippen molar-refractivity contribution in [3.05, 3.63) is 0 Å². The highest BCUT2D eigenvalue weighted by Crippen LogP contribution is 1.81. The molecule has 0 spiro atoms. The van der Waals surface area contributed by atoms with Crippen LogP contribution in [0.3, 0.4) is 0 Å². The molecule has 0 N–H and O–H groups in total. The van der Waals surface area contributed by atoms with Crippen molar-refractivity contribution in [3.63, 3.8) is 0 Å². The number of hydrogen-bond donors (Lipinski definition) is 0. The Kier molecular flexibility index (Phi) is 4.14. The van der Waals surface area contributed by atoms with Crippen molar-refractivity contribution in [2.75, 3.05) is 7.11 Å². The van der Waals surface area contributed by atoms with Crippen molar-refractivity contribution in [1.82, 2.24) is 0 Å². The van der Waals surface area contributed by atoms with E-state index in [1.54, 1.807) is 0 Å². The first-order valence-electron chi connectivity index (χ1n) is 2.02. The van der Waals surface area contributed by atoms with E-state index in [4.69, 9.17) is 0 Å². The Morgan fingerprint density at radius 3 is 2.43 bits per heavy atom. The van der Waals surface area contributed by atoms with Crippen LogP contribution >= 0.6 is 0 Å². The Morgan fingerprint density at radius 2 is 2.29 bits per heavy atom. The van der Waals surface area contributed by atoms with E-state index in [9.17, 15) is 4.32 Å². The van der Waals surface area contributed by atoms with Crippen molar-refractivity contribution in [1.29, 1.82) is 0 Å². The van der Waals surface area contributed by atoms with Gasteiger partial charge in [-0.1, -0.05) is 0 Å². The van der Waals surface area contributed by atoms with E-state index in [-0.39, 0.29) is 7.69 Å². The summed E-state index contributed by atoms with van der Waals surface area (Å²) in [4.78, 5) is 0. The third kappa shape index (κ3) is 5.98. The molecule has 0 heterocycles. The van der Waals surface area contributed by atoms with Gasteiger partial charge in [-0.05, 0) is 6.82 Å². The first-order chi connectivity index (χ1) is 3.27. The summed E-state index contributed by atoms with van der Waals surface area (Å²) in [6, 6.07) is 0. The molecule has 40 valence electrons. The smallest absolute Gasteiger partial charge is 0.451 e. The highest BCUT2D eigenvalue weighted by Gasteiger charge is 2.04. The zero-order chi connectivity index (χ0) is 5.70. The maximum atomic E-state index is 11.6. The fraction of sp³-hybridized carbons (Fsp3) is 1.00. The molecule has 0 saturated carbocycles. The molecule has 0 aromatic rings. The minimum Gasteiger partial charge on any atom is -0.451 e. The first kappa shape index (κ1) is 6.98. The molecule has 0 aliphatic rings. The molecule has 0 rings (SSSR count). The van der Waals surface area contributed by atoms with Gasteiger partial charge in [-0.3, -0.25) is 4.32 Å². The Hall–Kier alpha value is -0.0201. The van der Waals surface area contributed by atoms with E-state index in [1.165, 1.54) is 13.9 Å². The van der Waals surface area contributed by atoms with Gasteiger partial charge in [-0.2, -0.15) is 0 Å². The molecule has 0 aromatic carbocycles. The Labute approximate surface area is 43.5 Å². The van der Waals surface area contributed by atoms with Crippen LogP contribution in [-0.2, 0) is 9.23 Å². The number of halogens is 1. The topological polar surface area (TPSA) is 18.5 Å². The van der Waals surface area contributed by atoms with Crippen molar-refractivity contribution in [2.24, 2.45) is 0 Å². The van der Waals surface area contributed by atoms with Crippen LogP contribution in [0.15, 0.2) is 0 Å². The van der Waals surface area contributed by atoms with Crippen molar-refractivity contribution < 1.29 is 13.5 Å². The Balaban J connectivity index is 2.68. The van der Waals surface area contributed by atoms with Crippen LogP contribution in [-0.4, -0.2) is 22.0 Å². The normalized spacial score (nSPS) is 8.43. The van der Waals surface area contributed by atoms with Gasteiger partial charge in [0.15, 0.2) is 0 Å². The van der Waals surface area contributed by atoms with Crippen LogP contribution in [0.5, 0.6) is 0 Å². The van der Waals surface area contributed by atoms with Gasteiger partial charge < -0.3 is 9.23 Å². The zero-order valence-electron chi connectivity index (χ0n) is 4.48. The van der Waals surface area contributed by atoms with Crippen LogP contribution in [0.4, 0.5) is 4.32 Å². The number of rotatable bonds is 3.